The molecule has 0 spiro atoms. The minimum Gasteiger partial charge on any atom is -0.487 e. The van der Waals surface area contributed by atoms with Crippen molar-refractivity contribution < 1.29 is 13.9 Å². The van der Waals surface area contributed by atoms with E-state index in [9.17, 15) is 9.18 Å². The Hall–Kier alpha value is -3.61. The summed E-state index contributed by atoms with van der Waals surface area (Å²) < 4.78 is 18.8. The number of halogens is 1. The predicted molar refractivity (Wildman–Crippen MR) is 110 cm³/mol. The highest BCUT2D eigenvalue weighted by molar-refractivity contribution is 5.95. The van der Waals surface area contributed by atoms with Gasteiger partial charge in [-0.25, -0.2) is 9.37 Å². The van der Waals surface area contributed by atoms with Gasteiger partial charge in [-0.1, -0.05) is 6.07 Å². The molecule has 1 saturated heterocycles. The van der Waals surface area contributed by atoms with Gasteiger partial charge in [-0.2, -0.15) is 0 Å². The van der Waals surface area contributed by atoms with Crippen LogP contribution in [0.3, 0.4) is 0 Å². The molecule has 148 valence electrons. The molecule has 0 bridgehead atoms. The van der Waals surface area contributed by atoms with Crippen LogP contribution in [0.4, 0.5) is 21.6 Å². The maximum atomic E-state index is 13.0. The number of aromatic nitrogens is 1. The Bertz CT molecular complexity index is 1000. The van der Waals surface area contributed by atoms with Crippen LogP contribution in [-0.2, 0) is 0 Å². The number of hydrogen-bond acceptors (Lipinski definition) is 5. The van der Waals surface area contributed by atoms with E-state index in [1.54, 1.807) is 37.5 Å². The second-order valence-electron chi connectivity index (χ2n) is 6.79. The van der Waals surface area contributed by atoms with Gasteiger partial charge in [-0.05, 0) is 48.5 Å². The number of rotatable bonds is 6. The Balaban J connectivity index is 1.37. The summed E-state index contributed by atoms with van der Waals surface area (Å²) in [6.07, 6.45) is 1.79. The van der Waals surface area contributed by atoms with Crippen molar-refractivity contribution in [1.82, 2.24) is 10.3 Å². The van der Waals surface area contributed by atoms with Gasteiger partial charge in [-0.15, -0.1) is 0 Å². The second kappa shape index (κ2) is 8.18. The molecule has 0 unspecified atom stereocenters. The number of ether oxygens (including phenoxy) is 1. The Morgan fingerprint density at radius 1 is 1.10 bits per heavy atom. The van der Waals surface area contributed by atoms with Crippen molar-refractivity contribution in [2.24, 2.45) is 0 Å². The lowest BCUT2D eigenvalue weighted by Crippen LogP contribution is -2.54. The van der Waals surface area contributed by atoms with Crippen LogP contribution in [0.5, 0.6) is 5.75 Å². The maximum absolute atomic E-state index is 13.0. The highest BCUT2D eigenvalue weighted by Gasteiger charge is 2.29. The molecule has 0 saturated carbocycles. The molecular formula is C22H21FN4O2. The quantitative estimate of drug-likeness (QED) is 0.671. The van der Waals surface area contributed by atoms with Gasteiger partial charge in [0.05, 0.1) is 13.1 Å². The van der Waals surface area contributed by atoms with E-state index in [4.69, 9.17) is 4.74 Å². The van der Waals surface area contributed by atoms with Gasteiger partial charge in [-0.3, -0.25) is 4.79 Å². The number of anilines is 3. The predicted octanol–water partition coefficient (Wildman–Crippen LogP) is 3.59. The summed E-state index contributed by atoms with van der Waals surface area (Å²) in [7, 11) is 1.61. The molecule has 0 radical (unpaired) electrons. The SMILES string of the molecule is CNC(=O)c1cccc(Nc2ccnc(N3CC(Oc4ccc(F)cc4)C3)c2)c1. The van der Waals surface area contributed by atoms with E-state index in [2.05, 4.69) is 20.5 Å². The summed E-state index contributed by atoms with van der Waals surface area (Å²) in [5.74, 6) is 1.10. The Kier molecular flexibility index (Phi) is 5.29. The van der Waals surface area contributed by atoms with Crippen molar-refractivity contribution in [2.45, 2.75) is 6.10 Å². The molecule has 2 aromatic carbocycles. The van der Waals surface area contributed by atoms with Crippen molar-refractivity contribution in [2.75, 3.05) is 30.4 Å². The Morgan fingerprint density at radius 2 is 1.86 bits per heavy atom. The number of nitrogens with zero attached hydrogens (tertiary/aromatic N) is 2. The lowest BCUT2D eigenvalue weighted by molar-refractivity contribution is 0.0963. The third-order valence-electron chi connectivity index (χ3n) is 4.67. The summed E-state index contributed by atoms with van der Waals surface area (Å²) in [4.78, 5) is 18.3. The minimum absolute atomic E-state index is 0.0446. The fraction of sp³-hybridized carbons (Fsp3) is 0.182. The first-order chi connectivity index (χ1) is 14.1. The average molecular weight is 392 g/mol. The zero-order valence-electron chi connectivity index (χ0n) is 15.9. The third-order valence-corrected chi connectivity index (χ3v) is 4.67. The molecule has 1 aliphatic rings. The van der Waals surface area contributed by atoms with Crippen molar-refractivity contribution in [3.8, 4) is 5.75 Å². The molecule has 1 aromatic heterocycles. The molecule has 1 aliphatic heterocycles. The molecule has 3 aromatic rings. The summed E-state index contributed by atoms with van der Waals surface area (Å²) in [5.41, 5.74) is 2.30. The first-order valence-electron chi connectivity index (χ1n) is 9.33. The summed E-state index contributed by atoms with van der Waals surface area (Å²) >= 11 is 0. The smallest absolute Gasteiger partial charge is 0.251 e. The first kappa shape index (κ1) is 18.7. The topological polar surface area (TPSA) is 66.5 Å². The summed E-state index contributed by atoms with van der Waals surface area (Å²) in [5, 5.41) is 5.93. The largest absolute Gasteiger partial charge is 0.487 e. The normalized spacial score (nSPS) is 13.5. The standard InChI is InChI=1S/C22H21FN4O2/c1-24-22(28)15-3-2-4-17(11-15)26-18-9-10-25-21(12-18)27-13-20(14-27)29-19-7-5-16(23)6-8-19/h2-12,20H,13-14H2,1H3,(H,24,28)(H,25,26). The number of carbonyl (C=O) groups excluding carboxylic acids is 1. The van der Waals surface area contributed by atoms with Gasteiger partial charge >= 0.3 is 0 Å². The maximum Gasteiger partial charge on any atom is 0.251 e. The number of hydrogen-bond donors (Lipinski definition) is 2. The lowest BCUT2D eigenvalue weighted by Gasteiger charge is -2.39. The Morgan fingerprint density at radius 3 is 2.62 bits per heavy atom. The van der Waals surface area contributed by atoms with Crippen LogP contribution in [0.2, 0.25) is 0 Å². The van der Waals surface area contributed by atoms with E-state index >= 15 is 0 Å². The fourth-order valence-corrected chi connectivity index (χ4v) is 3.12. The molecule has 29 heavy (non-hydrogen) atoms. The zero-order valence-corrected chi connectivity index (χ0v) is 15.9. The van der Waals surface area contributed by atoms with Crippen molar-refractivity contribution in [1.29, 1.82) is 0 Å². The molecule has 2 N–H and O–H groups in total. The van der Waals surface area contributed by atoms with Crippen molar-refractivity contribution >= 4 is 23.1 Å². The van der Waals surface area contributed by atoms with Crippen molar-refractivity contribution in [3.05, 3.63) is 78.2 Å². The molecular weight excluding hydrogens is 371 g/mol. The van der Waals surface area contributed by atoms with Gasteiger partial charge in [0.2, 0.25) is 0 Å². The van der Waals surface area contributed by atoms with Crippen LogP contribution in [-0.4, -0.2) is 37.1 Å². The van der Waals surface area contributed by atoms with E-state index in [-0.39, 0.29) is 17.8 Å². The second-order valence-corrected chi connectivity index (χ2v) is 6.79. The summed E-state index contributed by atoms with van der Waals surface area (Å²) in [6.45, 7) is 1.42. The number of pyridine rings is 1. The fourth-order valence-electron chi connectivity index (χ4n) is 3.12. The molecule has 4 rings (SSSR count). The van der Waals surface area contributed by atoms with E-state index < -0.39 is 0 Å². The lowest BCUT2D eigenvalue weighted by atomic mass is 10.1. The molecule has 6 nitrogen and oxygen atoms in total. The molecule has 0 aliphatic carbocycles. The van der Waals surface area contributed by atoms with Crippen LogP contribution in [0.25, 0.3) is 0 Å². The van der Waals surface area contributed by atoms with E-state index in [1.807, 2.05) is 24.3 Å². The highest BCUT2D eigenvalue weighted by Crippen LogP contribution is 2.26. The third kappa shape index (κ3) is 4.45. The number of benzene rings is 2. The molecule has 1 amide bonds. The monoisotopic (exact) mass is 392 g/mol. The zero-order chi connectivity index (χ0) is 20.2. The van der Waals surface area contributed by atoms with Crippen LogP contribution in [0, 0.1) is 5.82 Å². The number of nitrogens with one attached hydrogen (secondary N) is 2. The van der Waals surface area contributed by atoms with E-state index in [0.29, 0.717) is 24.4 Å². The van der Waals surface area contributed by atoms with Gasteiger partial charge in [0.25, 0.3) is 5.91 Å². The average Bonchev–Trinajstić information content (AvgIpc) is 2.71. The van der Waals surface area contributed by atoms with Gasteiger partial charge < -0.3 is 20.3 Å². The highest BCUT2D eigenvalue weighted by atomic mass is 19.1. The summed E-state index contributed by atoms with van der Waals surface area (Å²) in [6, 6.07) is 17.2. The Labute approximate surface area is 168 Å². The molecule has 0 atom stereocenters. The van der Waals surface area contributed by atoms with E-state index in [1.165, 1.54) is 12.1 Å². The molecule has 7 heteroatoms. The molecule has 1 fully saturated rings. The van der Waals surface area contributed by atoms with Crippen LogP contribution in [0.1, 0.15) is 10.4 Å². The van der Waals surface area contributed by atoms with Crippen molar-refractivity contribution in [3.63, 3.8) is 0 Å². The number of carbonyl (C=O) groups is 1. The minimum atomic E-state index is -0.276. The van der Waals surface area contributed by atoms with Crippen LogP contribution in [0.15, 0.2) is 66.9 Å². The van der Waals surface area contributed by atoms with Crippen LogP contribution >= 0.6 is 0 Å². The van der Waals surface area contributed by atoms with Crippen LogP contribution < -0.4 is 20.3 Å². The first-order valence-corrected chi connectivity index (χ1v) is 9.33. The molecule has 2 heterocycles. The van der Waals surface area contributed by atoms with Gasteiger partial charge in [0.1, 0.15) is 23.5 Å². The van der Waals surface area contributed by atoms with Gasteiger partial charge in [0.15, 0.2) is 0 Å². The van der Waals surface area contributed by atoms with Gasteiger partial charge in [0, 0.05) is 36.2 Å². The number of amides is 1. The van der Waals surface area contributed by atoms with E-state index in [0.717, 1.165) is 17.2 Å².